The summed E-state index contributed by atoms with van der Waals surface area (Å²) in [6, 6.07) is 16.1. The van der Waals surface area contributed by atoms with Gasteiger partial charge in [0.15, 0.2) is 0 Å². The molecular weight excluding hydrogens is 533 g/mol. The smallest absolute Gasteiger partial charge is 0.416 e. The lowest BCUT2D eigenvalue weighted by molar-refractivity contribution is -0.137. The van der Waals surface area contributed by atoms with E-state index in [4.69, 9.17) is 4.74 Å². The van der Waals surface area contributed by atoms with Gasteiger partial charge in [-0.25, -0.2) is 9.97 Å². The monoisotopic (exact) mass is 560 g/mol. The highest BCUT2D eigenvalue weighted by molar-refractivity contribution is 6.14. The van der Waals surface area contributed by atoms with Crippen molar-refractivity contribution in [2.45, 2.75) is 18.6 Å². The molecule has 1 amide bonds. The molecule has 5 aromatic rings. The van der Waals surface area contributed by atoms with Gasteiger partial charge in [-0.1, -0.05) is 12.1 Å². The van der Waals surface area contributed by atoms with Crippen molar-refractivity contribution in [3.8, 4) is 11.6 Å². The molecule has 0 spiro atoms. The van der Waals surface area contributed by atoms with E-state index in [1.54, 1.807) is 36.5 Å². The Morgan fingerprint density at radius 2 is 1.93 bits per heavy atom. The Morgan fingerprint density at radius 3 is 2.71 bits per heavy atom. The van der Waals surface area contributed by atoms with Crippen LogP contribution in [0.3, 0.4) is 0 Å². The molecule has 2 aromatic heterocycles. The first-order chi connectivity index (χ1) is 19.7. The number of carbonyl (C=O) groups excluding carboxylic acids is 1. The van der Waals surface area contributed by atoms with Crippen LogP contribution in [0.1, 0.15) is 22.3 Å². The summed E-state index contributed by atoms with van der Waals surface area (Å²) >= 11 is 0. The number of ether oxygens (including phenoxy) is 1. The third-order valence-corrected chi connectivity index (χ3v) is 7.43. The van der Waals surface area contributed by atoms with Crippen molar-refractivity contribution in [2.75, 3.05) is 37.4 Å². The lowest BCUT2D eigenvalue weighted by Crippen LogP contribution is -2.31. The third kappa shape index (κ3) is 5.28. The predicted molar refractivity (Wildman–Crippen MR) is 152 cm³/mol. The largest absolute Gasteiger partial charge is 0.438 e. The van der Waals surface area contributed by atoms with Crippen molar-refractivity contribution in [3.05, 3.63) is 84.3 Å². The number of H-pyrrole nitrogens is 1. The zero-order valence-electron chi connectivity index (χ0n) is 22.4. The van der Waals surface area contributed by atoms with Crippen LogP contribution in [0.2, 0.25) is 0 Å². The Bertz CT molecular complexity index is 1750. The molecule has 0 radical (unpaired) electrons. The van der Waals surface area contributed by atoms with Gasteiger partial charge in [0.05, 0.1) is 22.3 Å². The summed E-state index contributed by atoms with van der Waals surface area (Å²) < 4.78 is 46.9. The van der Waals surface area contributed by atoms with Crippen LogP contribution in [-0.2, 0) is 6.18 Å². The van der Waals surface area contributed by atoms with E-state index in [-0.39, 0.29) is 11.7 Å². The maximum absolute atomic E-state index is 13.6. The maximum Gasteiger partial charge on any atom is 0.416 e. The molecule has 0 bridgehead atoms. The quantitative estimate of drug-likeness (QED) is 0.253. The minimum Gasteiger partial charge on any atom is -0.438 e. The minimum atomic E-state index is -4.54. The summed E-state index contributed by atoms with van der Waals surface area (Å²) in [5.41, 5.74) is 0.851. The van der Waals surface area contributed by atoms with Crippen LogP contribution in [0.15, 0.2) is 73.2 Å². The molecule has 0 aliphatic carbocycles. The topological polar surface area (TPSA) is 86.4 Å². The molecule has 2 N–H and O–H groups in total. The number of hydrogen-bond donors (Lipinski definition) is 2. The van der Waals surface area contributed by atoms with Crippen molar-refractivity contribution < 1.29 is 22.7 Å². The highest BCUT2D eigenvalue weighted by Crippen LogP contribution is 2.37. The van der Waals surface area contributed by atoms with Crippen LogP contribution in [0.5, 0.6) is 11.6 Å². The molecule has 1 fully saturated rings. The number of anilines is 2. The number of halogens is 3. The van der Waals surface area contributed by atoms with Gasteiger partial charge in [0.25, 0.3) is 5.91 Å². The lowest BCUT2D eigenvalue weighted by Gasteiger charge is -2.25. The average Bonchev–Trinajstić information content (AvgIpc) is 3.63. The second-order valence-corrected chi connectivity index (χ2v) is 10.2. The molecule has 210 valence electrons. The molecule has 1 aliphatic heterocycles. The fourth-order valence-corrected chi connectivity index (χ4v) is 5.22. The fourth-order valence-electron chi connectivity index (χ4n) is 5.22. The Hall–Kier alpha value is -4.64. The molecule has 3 heterocycles. The van der Waals surface area contributed by atoms with E-state index in [9.17, 15) is 18.0 Å². The molecule has 0 unspecified atom stereocenters. The number of aromatic nitrogens is 3. The van der Waals surface area contributed by atoms with Gasteiger partial charge < -0.3 is 24.8 Å². The molecule has 1 atom stereocenters. The first-order valence-corrected chi connectivity index (χ1v) is 13.1. The third-order valence-electron chi connectivity index (χ3n) is 7.43. The van der Waals surface area contributed by atoms with E-state index >= 15 is 0 Å². The van der Waals surface area contributed by atoms with E-state index in [2.05, 4.69) is 25.2 Å². The Kier molecular flexibility index (Phi) is 6.74. The molecule has 0 saturated carbocycles. The number of alkyl halides is 3. The fraction of sp³-hybridized carbons (Fsp3) is 0.233. The number of fused-ring (bicyclic) bond motifs is 2. The van der Waals surface area contributed by atoms with E-state index in [0.717, 1.165) is 29.3 Å². The highest BCUT2D eigenvalue weighted by Gasteiger charge is 2.33. The number of nitrogens with one attached hydrogen (secondary N) is 2. The molecule has 41 heavy (non-hydrogen) atoms. The number of likely N-dealkylation sites (N-methyl/N-ethyl adjacent to an activating group) is 1. The number of benzene rings is 3. The van der Waals surface area contributed by atoms with Crippen LogP contribution >= 0.6 is 0 Å². The highest BCUT2D eigenvalue weighted by atomic mass is 19.4. The number of nitrogens with zero attached hydrogens (tertiary/aromatic N) is 4. The summed E-state index contributed by atoms with van der Waals surface area (Å²) in [6.45, 7) is 1.33. The molecule has 8 nitrogen and oxygen atoms in total. The van der Waals surface area contributed by atoms with Crippen LogP contribution in [0.4, 0.5) is 24.5 Å². The lowest BCUT2D eigenvalue weighted by atomic mass is 10.0. The number of carbonyl (C=O) groups is 1. The summed E-state index contributed by atoms with van der Waals surface area (Å²) in [5.74, 6) is 0.402. The molecule has 1 aliphatic rings. The van der Waals surface area contributed by atoms with Gasteiger partial charge in [-0.05, 0) is 79.8 Å². The summed E-state index contributed by atoms with van der Waals surface area (Å²) in [5, 5.41) is 4.87. The van der Waals surface area contributed by atoms with Crippen LogP contribution in [0, 0.1) is 0 Å². The van der Waals surface area contributed by atoms with Crippen molar-refractivity contribution in [1.29, 1.82) is 0 Å². The Balaban J connectivity index is 1.30. The molecule has 6 rings (SSSR count). The number of rotatable bonds is 6. The summed E-state index contributed by atoms with van der Waals surface area (Å²) in [4.78, 5) is 29.1. The molecule has 3 aromatic carbocycles. The van der Waals surface area contributed by atoms with Crippen molar-refractivity contribution in [2.24, 2.45) is 0 Å². The van der Waals surface area contributed by atoms with Gasteiger partial charge in [-0.15, -0.1) is 0 Å². The second kappa shape index (κ2) is 10.4. The normalized spacial score (nSPS) is 15.7. The van der Waals surface area contributed by atoms with E-state index < -0.39 is 17.6 Å². The van der Waals surface area contributed by atoms with Gasteiger partial charge >= 0.3 is 6.18 Å². The van der Waals surface area contributed by atoms with E-state index in [1.165, 1.54) is 12.4 Å². The van der Waals surface area contributed by atoms with E-state index in [0.29, 0.717) is 47.0 Å². The standard InChI is InChI=1S/C30H27F3N6O2/c1-38(2)20-11-13-39(16-20)26-9-6-19(30(31,32)33)15-25(26)37-28(40)23-5-3-4-18-14-21(7-8-22(18)23)41-29-24-10-12-34-27(24)35-17-36-29/h3-10,12,14-15,17,20H,11,13,16H2,1-2H3,(H,37,40)(H,34,35,36)/t20-/m0/s1. The average molecular weight is 561 g/mol. The maximum atomic E-state index is 13.6. The van der Waals surface area contributed by atoms with Gasteiger partial charge in [-0.2, -0.15) is 13.2 Å². The van der Waals surface area contributed by atoms with Crippen molar-refractivity contribution in [3.63, 3.8) is 0 Å². The predicted octanol–water partition coefficient (Wildman–Crippen LogP) is 6.31. The first-order valence-electron chi connectivity index (χ1n) is 13.1. The summed E-state index contributed by atoms with van der Waals surface area (Å²) in [6.07, 6.45) is -0.513. The van der Waals surface area contributed by atoms with Crippen LogP contribution in [0.25, 0.3) is 21.8 Å². The Labute approximate surface area is 233 Å². The van der Waals surface area contributed by atoms with Crippen molar-refractivity contribution in [1.82, 2.24) is 19.9 Å². The zero-order chi connectivity index (χ0) is 28.7. The second-order valence-electron chi connectivity index (χ2n) is 10.2. The van der Waals surface area contributed by atoms with Crippen molar-refractivity contribution >= 4 is 39.1 Å². The molecular formula is C30H27F3N6O2. The summed E-state index contributed by atoms with van der Waals surface area (Å²) in [7, 11) is 3.96. The molecule has 1 saturated heterocycles. The number of hydrogen-bond acceptors (Lipinski definition) is 6. The van der Waals surface area contributed by atoms with Crippen LogP contribution < -0.4 is 15.0 Å². The molecule has 11 heteroatoms. The van der Waals surface area contributed by atoms with E-state index in [1.807, 2.05) is 31.1 Å². The first kappa shape index (κ1) is 26.6. The van der Waals surface area contributed by atoms with Gasteiger partial charge in [0.2, 0.25) is 5.88 Å². The minimum absolute atomic E-state index is 0.125. The van der Waals surface area contributed by atoms with Gasteiger partial charge in [-0.3, -0.25) is 4.79 Å². The van der Waals surface area contributed by atoms with Gasteiger partial charge in [0.1, 0.15) is 17.7 Å². The number of amides is 1. The van der Waals surface area contributed by atoms with Gasteiger partial charge in [0, 0.05) is 30.9 Å². The SMILES string of the molecule is CN(C)[C@H]1CCN(c2ccc(C(F)(F)F)cc2NC(=O)c2cccc3cc(Oc4ncnc5[nH]ccc45)ccc23)C1. The number of aromatic amines is 1. The van der Waals surface area contributed by atoms with Crippen LogP contribution in [-0.4, -0.2) is 59.0 Å². The zero-order valence-corrected chi connectivity index (χ0v) is 22.4. The Morgan fingerprint density at radius 1 is 1.07 bits per heavy atom.